The molecule has 0 radical (unpaired) electrons. The Balaban J connectivity index is 2.00. The molecule has 1 heterocycles. The highest BCUT2D eigenvalue weighted by atomic mass is 32.2. The summed E-state index contributed by atoms with van der Waals surface area (Å²) in [6.45, 7) is 5.03. The predicted octanol–water partition coefficient (Wildman–Crippen LogP) is 3.23. The van der Waals surface area contributed by atoms with Gasteiger partial charge in [-0.05, 0) is 38.1 Å². The molecule has 0 bridgehead atoms. The highest BCUT2D eigenvalue weighted by molar-refractivity contribution is 7.99. The van der Waals surface area contributed by atoms with E-state index < -0.39 is 0 Å². The van der Waals surface area contributed by atoms with Gasteiger partial charge in [-0.3, -0.25) is 0 Å². The summed E-state index contributed by atoms with van der Waals surface area (Å²) in [6, 6.07) is 0. The zero-order valence-electron chi connectivity index (χ0n) is 10.7. The molecule has 1 saturated carbocycles. The van der Waals surface area contributed by atoms with Crippen LogP contribution in [-0.4, -0.2) is 16.8 Å². The molecule has 2 rings (SSSR count). The molecule has 3 nitrogen and oxygen atoms in total. The van der Waals surface area contributed by atoms with Crippen LogP contribution >= 0.6 is 11.8 Å². The number of oxazole rings is 1. The van der Waals surface area contributed by atoms with Crippen molar-refractivity contribution in [3.63, 3.8) is 0 Å². The number of thioether (sulfide) groups is 1. The summed E-state index contributed by atoms with van der Waals surface area (Å²) in [5.41, 5.74) is 6.83. The summed E-state index contributed by atoms with van der Waals surface area (Å²) < 4.78 is 5.44. The maximum atomic E-state index is 5.88. The van der Waals surface area contributed by atoms with E-state index in [0.717, 1.165) is 23.4 Å². The van der Waals surface area contributed by atoms with Crippen LogP contribution in [0.5, 0.6) is 0 Å². The fraction of sp³-hybridized carbons (Fsp3) is 0.769. The second-order valence-electron chi connectivity index (χ2n) is 4.99. The zero-order valence-corrected chi connectivity index (χ0v) is 11.5. The maximum absolute atomic E-state index is 5.88. The largest absolute Gasteiger partial charge is 0.440 e. The highest BCUT2D eigenvalue weighted by Gasteiger charge is 2.30. The van der Waals surface area contributed by atoms with Crippen molar-refractivity contribution in [3.05, 3.63) is 12.0 Å². The molecule has 1 fully saturated rings. The molecule has 2 N–H and O–H groups in total. The van der Waals surface area contributed by atoms with E-state index in [4.69, 9.17) is 10.2 Å². The summed E-state index contributed by atoms with van der Waals surface area (Å²) >= 11 is 1.78. The Morgan fingerprint density at radius 3 is 2.94 bits per heavy atom. The molecule has 1 aliphatic carbocycles. The molecule has 4 heteroatoms. The van der Waals surface area contributed by atoms with Crippen LogP contribution in [0.1, 0.15) is 38.3 Å². The molecule has 0 aromatic carbocycles. The van der Waals surface area contributed by atoms with Crippen LogP contribution in [0.15, 0.2) is 15.9 Å². The molecular formula is C13H22N2OS. The van der Waals surface area contributed by atoms with Gasteiger partial charge in [-0.15, -0.1) is 0 Å². The highest BCUT2D eigenvalue weighted by Crippen LogP contribution is 2.40. The normalized spacial score (nSPS) is 29.5. The SMILES string of the molecule is CCC1CCC(CN)C(Sc2nc(C)co2)C1. The van der Waals surface area contributed by atoms with Crippen LogP contribution in [-0.2, 0) is 0 Å². The van der Waals surface area contributed by atoms with Gasteiger partial charge in [0, 0.05) is 5.25 Å². The minimum atomic E-state index is 0.580. The maximum Gasteiger partial charge on any atom is 0.256 e. The van der Waals surface area contributed by atoms with Crippen molar-refractivity contribution in [1.82, 2.24) is 4.98 Å². The lowest BCUT2D eigenvalue weighted by Gasteiger charge is -2.34. The van der Waals surface area contributed by atoms with Crippen molar-refractivity contribution in [2.45, 2.75) is 50.0 Å². The monoisotopic (exact) mass is 254 g/mol. The second-order valence-corrected chi connectivity index (χ2v) is 6.18. The fourth-order valence-electron chi connectivity index (χ4n) is 2.58. The van der Waals surface area contributed by atoms with Gasteiger partial charge in [0.2, 0.25) is 0 Å². The minimum absolute atomic E-state index is 0.580. The number of hydrogen-bond acceptors (Lipinski definition) is 4. The number of nitrogens with zero attached hydrogens (tertiary/aromatic N) is 1. The Kier molecular flexibility index (Phi) is 4.51. The van der Waals surface area contributed by atoms with Gasteiger partial charge in [-0.1, -0.05) is 31.5 Å². The molecule has 1 aromatic rings. The molecule has 0 aliphatic heterocycles. The Bertz CT molecular complexity index is 353. The van der Waals surface area contributed by atoms with E-state index in [2.05, 4.69) is 11.9 Å². The fourth-order valence-corrected chi connectivity index (χ4v) is 3.94. The molecule has 1 aliphatic rings. The summed E-state index contributed by atoms with van der Waals surface area (Å²) in [6.07, 6.45) is 6.84. The van der Waals surface area contributed by atoms with Crippen molar-refractivity contribution in [1.29, 1.82) is 0 Å². The van der Waals surface area contributed by atoms with Gasteiger partial charge in [-0.2, -0.15) is 0 Å². The topological polar surface area (TPSA) is 52.0 Å². The Morgan fingerprint density at radius 1 is 1.53 bits per heavy atom. The van der Waals surface area contributed by atoms with Gasteiger partial charge < -0.3 is 10.2 Å². The van der Waals surface area contributed by atoms with Gasteiger partial charge in [0.15, 0.2) is 0 Å². The average molecular weight is 254 g/mol. The van der Waals surface area contributed by atoms with E-state index in [1.54, 1.807) is 18.0 Å². The van der Waals surface area contributed by atoms with Crippen LogP contribution in [0.4, 0.5) is 0 Å². The molecule has 3 atom stereocenters. The zero-order chi connectivity index (χ0) is 12.3. The summed E-state index contributed by atoms with van der Waals surface area (Å²) in [4.78, 5) is 4.38. The minimum Gasteiger partial charge on any atom is -0.440 e. The van der Waals surface area contributed by atoms with Crippen LogP contribution in [0.2, 0.25) is 0 Å². The number of nitrogens with two attached hydrogens (primary N) is 1. The standard InChI is InChI=1S/C13H22N2OS/c1-3-10-4-5-11(7-14)12(6-10)17-13-15-9(2)8-16-13/h8,10-12H,3-7,14H2,1-2H3. The quantitative estimate of drug-likeness (QED) is 0.896. The molecule has 1 aromatic heterocycles. The Labute approximate surface area is 108 Å². The van der Waals surface area contributed by atoms with E-state index in [-0.39, 0.29) is 0 Å². The number of rotatable bonds is 4. The first-order valence-corrected chi connectivity index (χ1v) is 7.39. The van der Waals surface area contributed by atoms with Gasteiger partial charge in [0.05, 0.1) is 5.69 Å². The Morgan fingerprint density at radius 2 is 2.35 bits per heavy atom. The molecule has 0 spiro atoms. The third kappa shape index (κ3) is 3.26. The molecule has 3 unspecified atom stereocenters. The first-order chi connectivity index (χ1) is 8.22. The lowest BCUT2D eigenvalue weighted by atomic mass is 9.80. The van der Waals surface area contributed by atoms with Crippen molar-refractivity contribution >= 4 is 11.8 Å². The predicted molar refractivity (Wildman–Crippen MR) is 71.1 cm³/mol. The van der Waals surface area contributed by atoms with E-state index in [1.807, 2.05) is 6.92 Å². The van der Waals surface area contributed by atoms with E-state index in [9.17, 15) is 0 Å². The second kappa shape index (κ2) is 5.91. The number of hydrogen-bond donors (Lipinski definition) is 1. The van der Waals surface area contributed by atoms with Gasteiger partial charge >= 0.3 is 0 Å². The summed E-state index contributed by atoms with van der Waals surface area (Å²) in [7, 11) is 0. The number of aryl methyl sites for hydroxylation is 1. The van der Waals surface area contributed by atoms with Crippen LogP contribution in [0.3, 0.4) is 0 Å². The molecule has 0 amide bonds. The van der Waals surface area contributed by atoms with E-state index >= 15 is 0 Å². The van der Waals surface area contributed by atoms with Gasteiger partial charge in [0.1, 0.15) is 6.26 Å². The van der Waals surface area contributed by atoms with Gasteiger partial charge in [-0.25, -0.2) is 4.98 Å². The third-order valence-corrected chi connectivity index (χ3v) is 5.04. The lowest BCUT2D eigenvalue weighted by molar-refractivity contribution is 0.282. The third-order valence-electron chi connectivity index (χ3n) is 3.77. The molecule has 0 saturated heterocycles. The van der Waals surface area contributed by atoms with Crippen LogP contribution < -0.4 is 5.73 Å². The molecule has 17 heavy (non-hydrogen) atoms. The summed E-state index contributed by atoms with van der Waals surface area (Å²) in [5, 5.41) is 1.39. The number of aromatic nitrogens is 1. The first kappa shape index (κ1) is 13.0. The van der Waals surface area contributed by atoms with Crippen LogP contribution in [0, 0.1) is 18.8 Å². The van der Waals surface area contributed by atoms with Crippen molar-refractivity contribution in [2.75, 3.05) is 6.54 Å². The van der Waals surface area contributed by atoms with Crippen molar-refractivity contribution in [3.8, 4) is 0 Å². The molecule has 96 valence electrons. The van der Waals surface area contributed by atoms with E-state index in [1.165, 1.54) is 25.7 Å². The van der Waals surface area contributed by atoms with Crippen molar-refractivity contribution in [2.24, 2.45) is 17.6 Å². The van der Waals surface area contributed by atoms with E-state index in [0.29, 0.717) is 11.2 Å². The van der Waals surface area contributed by atoms with Crippen molar-refractivity contribution < 1.29 is 4.42 Å². The summed E-state index contributed by atoms with van der Waals surface area (Å²) in [5.74, 6) is 1.47. The molecular weight excluding hydrogens is 232 g/mol. The average Bonchev–Trinajstić information content (AvgIpc) is 2.74. The first-order valence-electron chi connectivity index (χ1n) is 6.51. The lowest BCUT2D eigenvalue weighted by Crippen LogP contribution is -2.32. The smallest absolute Gasteiger partial charge is 0.256 e. The van der Waals surface area contributed by atoms with Gasteiger partial charge in [0.25, 0.3) is 5.22 Å². The Hall–Kier alpha value is -0.480. The van der Waals surface area contributed by atoms with Crippen LogP contribution in [0.25, 0.3) is 0 Å².